The highest BCUT2D eigenvalue weighted by Crippen LogP contribution is 2.21. The predicted octanol–water partition coefficient (Wildman–Crippen LogP) is 1.70. The van der Waals surface area contributed by atoms with Gasteiger partial charge in [-0.1, -0.05) is 6.92 Å². The van der Waals surface area contributed by atoms with Crippen LogP contribution in [0.25, 0.3) is 0 Å². The summed E-state index contributed by atoms with van der Waals surface area (Å²) in [6.07, 6.45) is 0. The molecule has 8 heteroatoms. The van der Waals surface area contributed by atoms with Crippen LogP contribution in [0, 0.1) is 11.7 Å². The van der Waals surface area contributed by atoms with Gasteiger partial charge in [0.2, 0.25) is 15.9 Å². The van der Waals surface area contributed by atoms with Crippen molar-refractivity contribution in [1.29, 1.82) is 0 Å². The highest BCUT2D eigenvalue weighted by molar-refractivity contribution is 7.89. The largest absolute Gasteiger partial charge is 0.326 e. The Morgan fingerprint density at radius 1 is 1.30 bits per heavy atom. The molecule has 23 heavy (non-hydrogen) atoms. The van der Waals surface area contributed by atoms with Gasteiger partial charge in [0, 0.05) is 23.7 Å². The number of benzene rings is 1. The first-order chi connectivity index (χ1) is 10.5. The van der Waals surface area contributed by atoms with E-state index in [1.54, 1.807) is 34.7 Å². The van der Waals surface area contributed by atoms with E-state index >= 15 is 0 Å². The van der Waals surface area contributed by atoms with Crippen molar-refractivity contribution >= 4 is 21.6 Å². The van der Waals surface area contributed by atoms with Gasteiger partial charge >= 0.3 is 0 Å². The third-order valence-electron chi connectivity index (χ3n) is 2.89. The number of carbonyl (C=O) groups is 1. The molecule has 0 fully saturated rings. The van der Waals surface area contributed by atoms with E-state index < -0.39 is 26.3 Å². The molecule has 1 aromatic rings. The molecule has 6 nitrogen and oxygen atoms in total. The summed E-state index contributed by atoms with van der Waals surface area (Å²) in [6, 6.07) is 3.47. The maximum Gasteiger partial charge on any atom is 0.244 e. The van der Waals surface area contributed by atoms with E-state index in [0.717, 1.165) is 12.1 Å². The Kier molecular flexibility index (Phi) is 6.26. The SMILES string of the molecule is CNCC(C)C(=O)Nc1ccc(F)c(S(=O)(=O)NC(C)(C)C)c1. The van der Waals surface area contributed by atoms with Crippen LogP contribution in [0.1, 0.15) is 27.7 Å². The number of rotatable bonds is 6. The number of nitrogens with one attached hydrogen (secondary N) is 3. The minimum Gasteiger partial charge on any atom is -0.326 e. The quantitative estimate of drug-likeness (QED) is 0.732. The molecule has 130 valence electrons. The highest BCUT2D eigenvalue weighted by Gasteiger charge is 2.25. The van der Waals surface area contributed by atoms with E-state index in [-0.39, 0.29) is 17.5 Å². The average molecular weight is 345 g/mol. The zero-order valence-electron chi connectivity index (χ0n) is 14.0. The monoisotopic (exact) mass is 345 g/mol. The first-order valence-corrected chi connectivity index (χ1v) is 8.73. The van der Waals surface area contributed by atoms with Crippen LogP contribution in [0.4, 0.5) is 10.1 Å². The lowest BCUT2D eigenvalue weighted by atomic mass is 10.1. The van der Waals surface area contributed by atoms with E-state index in [4.69, 9.17) is 0 Å². The summed E-state index contributed by atoms with van der Waals surface area (Å²) in [7, 11) is -2.30. The summed E-state index contributed by atoms with van der Waals surface area (Å²) in [5.74, 6) is -1.46. The molecule has 0 aliphatic rings. The molecule has 3 N–H and O–H groups in total. The van der Waals surface area contributed by atoms with Crippen molar-refractivity contribution < 1.29 is 17.6 Å². The second-order valence-corrected chi connectivity index (χ2v) is 8.10. The minimum atomic E-state index is -4.03. The van der Waals surface area contributed by atoms with E-state index in [2.05, 4.69) is 15.4 Å². The molecular weight excluding hydrogens is 321 g/mol. The summed E-state index contributed by atoms with van der Waals surface area (Å²) < 4.78 is 40.8. The van der Waals surface area contributed by atoms with Gasteiger partial charge in [-0.3, -0.25) is 4.79 Å². The fourth-order valence-electron chi connectivity index (χ4n) is 1.91. The average Bonchev–Trinajstić information content (AvgIpc) is 2.38. The fraction of sp³-hybridized carbons (Fsp3) is 0.533. The van der Waals surface area contributed by atoms with Crippen molar-refractivity contribution in [3.05, 3.63) is 24.0 Å². The molecule has 1 rings (SSSR count). The Labute approximate surface area is 136 Å². The molecule has 0 saturated heterocycles. The second kappa shape index (κ2) is 7.37. The van der Waals surface area contributed by atoms with Crippen molar-refractivity contribution in [2.75, 3.05) is 18.9 Å². The Morgan fingerprint density at radius 3 is 2.43 bits per heavy atom. The van der Waals surface area contributed by atoms with E-state index in [1.165, 1.54) is 6.07 Å². The number of hydrogen-bond donors (Lipinski definition) is 3. The molecule has 1 unspecified atom stereocenters. The molecular formula is C15H24FN3O3S. The molecule has 0 heterocycles. The first kappa shape index (κ1) is 19.5. The summed E-state index contributed by atoms with van der Waals surface area (Å²) in [5, 5.41) is 5.47. The van der Waals surface area contributed by atoms with Crippen molar-refractivity contribution in [3.8, 4) is 0 Å². The van der Waals surface area contributed by atoms with Crippen LogP contribution in [0.2, 0.25) is 0 Å². The molecule has 0 saturated carbocycles. The van der Waals surface area contributed by atoms with Gasteiger partial charge in [-0.05, 0) is 46.0 Å². The van der Waals surface area contributed by atoms with E-state index in [9.17, 15) is 17.6 Å². The van der Waals surface area contributed by atoms with Crippen LogP contribution < -0.4 is 15.4 Å². The molecule has 0 bridgehead atoms. The standard InChI is InChI=1S/C15H24FN3O3S/c1-10(9-17-5)14(20)18-11-6-7-12(16)13(8-11)23(21,22)19-15(2,3)4/h6-8,10,17,19H,9H2,1-5H3,(H,18,20). The van der Waals surface area contributed by atoms with Crippen LogP contribution in [0.3, 0.4) is 0 Å². The normalized spacial score (nSPS) is 13.7. The van der Waals surface area contributed by atoms with Gasteiger partial charge < -0.3 is 10.6 Å². The third-order valence-corrected chi connectivity index (χ3v) is 4.66. The lowest BCUT2D eigenvalue weighted by molar-refractivity contribution is -0.119. The zero-order valence-corrected chi connectivity index (χ0v) is 14.8. The van der Waals surface area contributed by atoms with E-state index in [1.807, 2.05) is 0 Å². The van der Waals surface area contributed by atoms with E-state index in [0.29, 0.717) is 6.54 Å². The van der Waals surface area contributed by atoms with Gasteiger partial charge in [0.25, 0.3) is 0 Å². The van der Waals surface area contributed by atoms with Crippen molar-refractivity contribution in [3.63, 3.8) is 0 Å². The van der Waals surface area contributed by atoms with Crippen LogP contribution >= 0.6 is 0 Å². The van der Waals surface area contributed by atoms with Crippen LogP contribution in [-0.2, 0) is 14.8 Å². The molecule has 1 aromatic carbocycles. The topological polar surface area (TPSA) is 87.3 Å². The number of hydrogen-bond acceptors (Lipinski definition) is 4. The summed E-state index contributed by atoms with van der Waals surface area (Å²) in [6.45, 7) is 7.19. The third kappa shape index (κ3) is 5.89. The van der Waals surface area contributed by atoms with Crippen molar-refractivity contribution in [2.45, 2.75) is 38.1 Å². The number of anilines is 1. The summed E-state index contributed by atoms with van der Waals surface area (Å²) in [5.41, 5.74) is -0.514. The first-order valence-electron chi connectivity index (χ1n) is 7.25. The molecule has 0 radical (unpaired) electrons. The van der Waals surface area contributed by atoms with Gasteiger partial charge in [-0.2, -0.15) is 0 Å². The zero-order chi connectivity index (χ0) is 17.8. The van der Waals surface area contributed by atoms with Gasteiger partial charge in [0.05, 0.1) is 0 Å². The lowest BCUT2D eigenvalue weighted by Gasteiger charge is -2.21. The summed E-state index contributed by atoms with van der Waals surface area (Å²) >= 11 is 0. The Bertz CT molecular complexity index is 669. The smallest absolute Gasteiger partial charge is 0.244 e. The maximum absolute atomic E-state index is 13.9. The molecule has 0 spiro atoms. The molecule has 0 aromatic heterocycles. The van der Waals surface area contributed by atoms with Gasteiger partial charge in [-0.25, -0.2) is 17.5 Å². The Hall–Kier alpha value is -1.51. The molecule has 0 aliphatic carbocycles. The predicted molar refractivity (Wildman–Crippen MR) is 88.2 cm³/mol. The highest BCUT2D eigenvalue weighted by atomic mass is 32.2. The second-order valence-electron chi connectivity index (χ2n) is 6.45. The molecule has 1 atom stereocenters. The van der Waals surface area contributed by atoms with Crippen molar-refractivity contribution in [2.24, 2.45) is 5.92 Å². The number of amides is 1. The number of halogens is 1. The molecule has 1 amide bonds. The maximum atomic E-state index is 13.9. The Morgan fingerprint density at radius 2 is 1.91 bits per heavy atom. The van der Waals surface area contributed by atoms with Crippen LogP contribution in [0.15, 0.2) is 23.1 Å². The van der Waals surface area contributed by atoms with Crippen LogP contribution in [0.5, 0.6) is 0 Å². The summed E-state index contributed by atoms with van der Waals surface area (Å²) in [4.78, 5) is 11.5. The number of sulfonamides is 1. The molecule has 0 aliphatic heterocycles. The lowest BCUT2D eigenvalue weighted by Crippen LogP contribution is -2.40. The van der Waals surface area contributed by atoms with Crippen molar-refractivity contribution in [1.82, 2.24) is 10.0 Å². The van der Waals surface area contributed by atoms with Crippen LogP contribution in [-0.4, -0.2) is 33.5 Å². The van der Waals surface area contributed by atoms with Gasteiger partial charge in [-0.15, -0.1) is 0 Å². The number of carbonyl (C=O) groups excluding carboxylic acids is 1. The fourth-order valence-corrected chi connectivity index (χ4v) is 3.43. The Balaban J connectivity index is 3.07. The minimum absolute atomic E-state index is 0.230. The van der Waals surface area contributed by atoms with Gasteiger partial charge in [0.1, 0.15) is 10.7 Å². The van der Waals surface area contributed by atoms with Gasteiger partial charge in [0.15, 0.2) is 0 Å².